The summed E-state index contributed by atoms with van der Waals surface area (Å²) in [6.45, 7) is 0. The number of rotatable bonds is 5. The van der Waals surface area contributed by atoms with Crippen LogP contribution in [0.1, 0.15) is 5.56 Å². The van der Waals surface area contributed by atoms with Gasteiger partial charge in [-0.2, -0.15) is 0 Å². The second-order valence-electron chi connectivity index (χ2n) is 5.87. The number of carbonyl (C=O) groups excluding carboxylic acids is 1. The third-order valence-corrected chi connectivity index (χ3v) is 4.88. The molecule has 3 rings (SSSR count). The first-order chi connectivity index (χ1) is 12.8. The van der Waals surface area contributed by atoms with Crippen molar-refractivity contribution in [2.45, 2.75) is 11.3 Å². The molecule has 8 nitrogen and oxygen atoms in total. The summed E-state index contributed by atoms with van der Waals surface area (Å²) in [6, 6.07) is 12.3. The van der Waals surface area contributed by atoms with E-state index in [1.165, 1.54) is 31.4 Å². The Bertz CT molecular complexity index is 1170. The molecule has 0 aliphatic heterocycles. The van der Waals surface area contributed by atoms with Crippen LogP contribution in [0.15, 0.2) is 58.2 Å². The molecule has 140 valence electrons. The van der Waals surface area contributed by atoms with Crippen molar-refractivity contribution in [2.24, 2.45) is 5.14 Å². The van der Waals surface area contributed by atoms with Gasteiger partial charge in [0.1, 0.15) is 5.75 Å². The number of nitrogens with two attached hydrogens (primary N) is 1. The van der Waals surface area contributed by atoms with Crippen LogP contribution in [0.4, 0.5) is 5.69 Å². The Morgan fingerprint density at radius 2 is 1.85 bits per heavy atom. The van der Waals surface area contributed by atoms with Crippen molar-refractivity contribution in [1.29, 1.82) is 0 Å². The van der Waals surface area contributed by atoms with Crippen LogP contribution in [-0.2, 0) is 21.2 Å². The standard InChI is InChI=1S/C18H17N3O5S/c1-26-14-5-2-11-8-12(18(23)21-16(11)10-14)9-17(22)20-13-3-6-15(7-4-13)27(19,24)25/h2-8,10H,9H2,1H3,(H,20,22)(H,21,23)(H2,19,24,25). The summed E-state index contributed by atoms with van der Waals surface area (Å²) in [5.74, 6) is 0.211. The van der Waals surface area contributed by atoms with Crippen LogP contribution >= 0.6 is 0 Å². The number of ether oxygens (including phenoxy) is 1. The van der Waals surface area contributed by atoms with Gasteiger partial charge in [0.2, 0.25) is 15.9 Å². The Morgan fingerprint density at radius 1 is 1.15 bits per heavy atom. The monoisotopic (exact) mass is 387 g/mol. The molecule has 0 unspecified atom stereocenters. The number of benzene rings is 2. The lowest BCUT2D eigenvalue weighted by atomic mass is 10.1. The molecule has 9 heteroatoms. The van der Waals surface area contributed by atoms with Crippen molar-refractivity contribution in [2.75, 3.05) is 12.4 Å². The first kappa shape index (κ1) is 18.6. The number of fused-ring (bicyclic) bond motifs is 1. The third-order valence-electron chi connectivity index (χ3n) is 3.95. The number of H-pyrrole nitrogens is 1. The molecule has 1 aromatic heterocycles. The lowest BCUT2D eigenvalue weighted by Crippen LogP contribution is -2.21. The van der Waals surface area contributed by atoms with Crippen molar-refractivity contribution >= 4 is 32.5 Å². The molecular formula is C18H17N3O5S. The van der Waals surface area contributed by atoms with Crippen LogP contribution in [0.25, 0.3) is 10.9 Å². The van der Waals surface area contributed by atoms with Gasteiger partial charge in [0.05, 0.1) is 23.9 Å². The van der Waals surface area contributed by atoms with Crippen LogP contribution in [0.2, 0.25) is 0 Å². The van der Waals surface area contributed by atoms with E-state index in [0.717, 1.165) is 5.39 Å². The number of pyridine rings is 1. The highest BCUT2D eigenvalue weighted by atomic mass is 32.2. The molecule has 0 spiro atoms. The number of methoxy groups -OCH3 is 1. The average Bonchev–Trinajstić information content (AvgIpc) is 2.61. The summed E-state index contributed by atoms with van der Waals surface area (Å²) in [5, 5.41) is 8.42. The normalized spacial score (nSPS) is 11.3. The minimum Gasteiger partial charge on any atom is -0.497 e. The number of aromatic amines is 1. The molecule has 0 saturated heterocycles. The van der Waals surface area contributed by atoms with Gasteiger partial charge < -0.3 is 15.0 Å². The number of hydrogen-bond donors (Lipinski definition) is 3. The molecule has 2 aromatic carbocycles. The summed E-state index contributed by atoms with van der Waals surface area (Å²) < 4.78 is 27.6. The zero-order valence-corrected chi connectivity index (χ0v) is 15.2. The van der Waals surface area contributed by atoms with Gasteiger partial charge in [-0.3, -0.25) is 9.59 Å². The Morgan fingerprint density at radius 3 is 2.48 bits per heavy atom. The summed E-state index contributed by atoms with van der Waals surface area (Å²) in [7, 11) is -2.26. The minimum absolute atomic E-state index is 0.0538. The van der Waals surface area contributed by atoms with Gasteiger partial charge in [-0.25, -0.2) is 13.6 Å². The van der Waals surface area contributed by atoms with Crippen molar-refractivity contribution in [3.8, 4) is 5.75 Å². The Hall–Kier alpha value is -3.17. The third kappa shape index (κ3) is 4.33. The Labute approximate surface area is 155 Å². The predicted octanol–water partition coefficient (Wildman–Crippen LogP) is 1.37. The van der Waals surface area contributed by atoms with Crippen LogP contribution < -0.4 is 20.8 Å². The number of hydrogen-bond acceptors (Lipinski definition) is 5. The fourth-order valence-corrected chi connectivity index (χ4v) is 3.11. The SMILES string of the molecule is COc1ccc2cc(CC(=O)Nc3ccc(S(N)(=O)=O)cc3)c(=O)[nH]c2c1. The van der Waals surface area contributed by atoms with Crippen molar-refractivity contribution < 1.29 is 17.9 Å². The van der Waals surface area contributed by atoms with Crippen LogP contribution in [-0.4, -0.2) is 26.4 Å². The van der Waals surface area contributed by atoms with E-state index in [9.17, 15) is 18.0 Å². The van der Waals surface area contributed by atoms with E-state index in [1.807, 2.05) is 0 Å². The van der Waals surface area contributed by atoms with Gasteiger partial charge in [-0.05, 0) is 47.9 Å². The van der Waals surface area contributed by atoms with Gasteiger partial charge in [0.25, 0.3) is 5.56 Å². The highest BCUT2D eigenvalue weighted by Crippen LogP contribution is 2.19. The van der Waals surface area contributed by atoms with E-state index < -0.39 is 15.9 Å². The largest absolute Gasteiger partial charge is 0.497 e. The van der Waals surface area contributed by atoms with Crippen LogP contribution in [0.5, 0.6) is 5.75 Å². The number of primary sulfonamides is 1. The average molecular weight is 387 g/mol. The topological polar surface area (TPSA) is 131 Å². The van der Waals surface area contributed by atoms with Gasteiger partial charge in [-0.15, -0.1) is 0 Å². The number of aromatic nitrogens is 1. The van der Waals surface area contributed by atoms with E-state index in [2.05, 4.69) is 10.3 Å². The fraction of sp³-hybridized carbons (Fsp3) is 0.111. The first-order valence-electron chi connectivity index (χ1n) is 7.89. The summed E-state index contributed by atoms with van der Waals surface area (Å²) in [4.78, 5) is 27.1. The van der Waals surface area contributed by atoms with Crippen LogP contribution in [0.3, 0.4) is 0 Å². The molecule has 0 aliphatic carbocycles. The number of amides is 1. The molecule has 0 bridgehead atoms. The highest BCUT2D eigenvalue weighted by Gasteiger charge is 2.11. The van der Waals surface area contributed by atoms with Gasteiger partial charge >= 0.3 is 0 Å². The maximum atomic E-state index is 12.2. The first-order valence-corrected chi connectivity index (χ1v) is 9.43. The molecule has 0 radical (unpaired) electrons. The lowest BCUT2D eigenvalue weighted by Gasteiger charge is -2.07. The molecule has 4 N–H and O–H groups in total. The number of anilines is 1. The van der Waals surface area contributed by atoms with E-state index >= 15 is 0 Å². The number of carbonyl (C=O) groups is 1. The number of nitrogens with one attached hydrogen (secondary N) is 2. The van der Waals surface area contributed by atoms with E-state index in [4.69, 9.17) is 9.88 Å². The molecular weight excluding hydrogens is 370 g/mol. The summed E-state index contributed by atoms with van der Waals surface area (Å²) >= 11 is 0. The molecule has 0 aliphatic rings. The second-order valence-corrected chi connectivity index (χ2v) is 7.43. The Balaban J connectivity index is 1.77. The highest BCUT2D eigenvalue weighted by molar-refractivity contribution is 7.89. The zero-order valence-electron chi connectivity index (χ0n) is 14.4. The minimum atomic E-state index is -3.80. The molecule has 0 fully saturated rings. The van der Waals surface area contributed by atoms with E-state index in [-0.39, 0.29) is 16.9 Å². The van der Waals surface area contributed by atoms with Gasteiger partial charge in [0.15, 0.2) is 0 Å². The molecule has 0 atom stereocenters. The van der Waals surface area contributed by atoms with Gasteiger partial charge in [0, 0.05) is 17.3 Å². The van der Waals surface area contributed by atoms with Crippen molar-refractivity contribution in [3.63, 3.8) is 0 Å². The number of sulfonamides is 1. The van der Waals surface area contributed by atoms with Crippen molar-refractivity contribution in [3.05, 3.63) is 64.4 Å². The molecule has 1 amide bonds. The fourth-order valence-electron chi connectivity index (χ4n) is 2.59. The molecule has 27 heavy (non-hydrogen) atoms. The second kappa shape index (κ2) is 7.22. The smallest absolute Gasteiger partial charge is 0.252 e. The predicted molar refractivity (Wildman–Crippen MR) is 101 cm³/mol. The quantitative estimate of drug-likeness (QED) is 0.608. The zero-order chi connectivity index (χ0) is 19.6. The molecule has 3 aromatic rings. The lowest BCUT2D eigenvalue weighted by molar-refractivity contribution is -0.115. The van der Waals surface area contributed by atoms with Crippen LogP contribution in [0, 0.1) is 0 Å². The van der Waals surface area contributed by atoms with E-state index in [0.29, 0.717) is 22.5 Å². The summed E-state index contributed by atoms with van der Waals surface area (Å²) in [5.41, 5.74) is 0.957. The Kier molecular flexibility index (Phi) is 4.98. The molecule has 1 heterocycles. The maximum Gasteiger partial charge on any atom is 0.252 e. The molecule has 0 saturated carbocycles. The van der Waals surface area contributed by atoms with Crippen molar-refractivity contribution in [1.82, 2.24) is 4.98 Å². The summed E-state index contributed by atoms with van der Waals surface area (Å²) in [6.07, 6.45) is -0.131. The van der Waals surface area contributed by atoms with E-state index in [1.54, 1.807) is 24.3 Å². The maximum absolute atomic E-state index is 12.2. The van der Waals surface area contributed by atoms with Gasteiger partial charge in [-0.1, -0.05) is 0 Å².